The molecule has 0 spiro atoms. The van der Waals surface area contributed by atoms with Crippen LogP contribution in [0.4, 0.5) is 4.79 Å². The van der Waals surface area contributed by atoms with E-state index in [0.29, 0.717) is 18.1 Å². The van der Waals surface area contributed by atoms with E-state index >= 15 is 0 Å². The Hall–Kier alpha value is -1.76. The number of carboxylic acids is 1. The van der Waals surface area contributed by atoms with E-state index in [-0.39, 0.29) is 18.1 Å². The van der Waals surface area contributed by atoms with Gasteiger partial charge in [0.2, 0.25) is 0 Å². The molecule has 0 bridgehead atoms. The number of rotatable bonds is 7. The molecule has 6 nitrogen and oxygen atoms in total. The predicted molar refractivity (Wildman–Crippen MR) is 88.4 cm³/mol. The molecule has 2 fully saturated rings. The average molecular weight is 335 g/mol. The van der Waals surface area contributed by atoms with E-state index in [4.69, 9.17) is 0 Å². The molecule has 0 aliphatic carbocycles. The second kappa shape index (κ2) is 7.21. The highest BCUT2D eigenvalue weighted by atomic mass is 32.2. The molecule has 0 aromatic carbocycles. The van der Waals surface area contributed by atoms with Gasteiger partial charge in [0, 0.05) is 29.3 Å². The van der Waals surface area contributed by atoms with Gasteiger partial charge < -0.3 is 15.7 Å². The third-order valence-electron chi connectivity index (χ3n) is 4.51. The van der Waals surface area contributed by atoms with Crippen LogP contribution in [-0.4, -0.2) is 45.2 Å². The van der Waals surface area contributed by atoms with Gasteiger partial charge in [0.1, 0.15) is 0 Å². The fourth-order valence-corrected chi connectivity index (χ4v) is 4.84. The minimum absolute atomic E-state index is 0.0798. The van der Waals surface area contributed by atoms with Gasteiger partial charge in [0.15, 0.2) is 0 Å². The summed E-state index contributed by atoms with van der Waals surface area (Å²) in [5, 5.41) is 15.7. The number of amides is 2. The van der Waals surface area contributed by atoms with Gasteiger partial charge in [-0.15, -0.1) is 0 Å². The molecule has 7 heteroatoms. The highest BCUT2D eigenvalue weighted by molar-refractivity contribution is 8.00. The van der Waals surface area contributed by atoms with Crippen LogP contribution in [0.1, 0.15) is 25.0 Å². The Morgan fingerprint density at radius 1 is 1.43 bits per heavy atom. The van der Waals surface area contributed by atoms with E-state index in [1.54, 1.807) is 6.20 Å². The fourth-order valence-electron chi connectivity index (χ4n) is 3.29. The Morgan fingerprint density at radius 2 is 2.30 bits per heavy atom. The second-order valence-corrected chi connectivity index (χ2v) is 7.39. The highest BCUT2D eigenvalue weighted by Crippen LogP contribution is 2.33. The molecule has 124 valence electrons. The Morgan fingerprint density at radius 3 is 3.04 bits per heavy atom. The van der Waals surface area contributed by atoms with Crippen LogP contribution in [0.3, 0.4) is 0 Å². The van der Waals surface area contributed by atoms with Crippen LogP contribution in [0.25, 0.3) is 0 Å². The van der Waals surface area contributed by atoms with Gasteiger partial charge in [-0.05, 0) is 25.0 Å². The van der Waals surface area contributed by atoms with Crippen molar-refractivity contribution in [2.24, 2.45) is 5.92 Å². The van der Waals surface area contributed by atoms with Crippen molar-refractivity contribution >= 4 is 23.8 Å². The molecule has 0 saturated carbocycles. The Balaban J connectivity index is 1.48. The number of aromatic nitrogens is 1. The molecule has 1 aromatic heterocycles. The van der Waals surface area contributed by atoms with Gasteiger partial charge in [-0.1, -0.05) is 12.5 Å². The third kappa shape index (κ3) is 3.96. The normalized spacial score (nSPS) is 27.1. The van der Waals surface area contributed by atoms with E-state index in [1.165, 1.54) is 0 Å². The van der Waals surface area contributed by atoms with Crippen molar-refractivity contribution in [1.82, 2.24) is 15.6 Å². The summed E-state index contributed by atoms with van der Waals surface area (Å²) in [6, 6.07) is 5.91. The lowest BCUT2D eigenvalue weighted by Crippen LogP contribution is -2.36. The van der Waals surface area contributed by atoms with Crippen LogP contribution in [0.15, 0.2) is 24.4 Å². The Kier molecular flexibility index (Phi) is 5.05. The molecular weight excluding hydrogens is 314 g/mol. The van der Waals surface area contributed by atoms with Gasteiger partial charge in [-0.3, -0.25) is 9.78 Å². The molecule has 23 heavy (non-hydrogen) atoms. The largest absolute Gasteiger partial charge is 0.481 e. The average Bonchev–Trinajstić information content (AvgIpc) is 3.07. The van der Waals surface area contributed by atoms with Crippen LogP contribution < -0.4 is 10.6 Å². The number of urea groups is 1. The van der Waals surface area contributed by atoms with E-state index in [0.717, 1.165) is 24.3 Å². The first-order valence-corrected chi connectivity index (χ1v) is 8.99. The van der Waals surface area contributed by atoms with Gasteiger partial charge >= 0.3 is 12.0 Å². The lowest BCUT2D eigenvalue weighted by molar-refractivity contribution is -0.142. The van der Waals surface area contributed by atoms with E-state index < -0.39 is 11.9 Å². The number of carbonyl (C=O) groups is 2. The molecule has 2 aliphatic rings. The number of hydrogen-bond acceptors (Lipinski definition) is 4. The van der Waals surface area contributed by atoms with Gasteiger partial charge in [0.05, 0.1) is 18.0 Å². The minimum atomic E-state index is -0.761. The predicted octanol–water partition coefficient (Wildman–Crippen LogP) is 1.66. The highest BCUT2D eigenvalue weighted by Gasteiger charge is 2.42. The molecule has 1 unspecified atom stereocenters. The maximum absolute atomic E-state index is 11.5. The molecule has 0 radical (unpaired) electrons. The number of pyridine rings is 1. The second-order valence-electron chi connectivity index (χ2n) is 6.11. The molecule has 3 heterocycles. The summed E-state index contributed by atoms with van der Waals surface area (Å²) in [4.78, 5) is 27.0. The van der Waals surface area contributed by atoms with E-state index in [9.17, 15) is 14.7 Å². The monoisotopic (exact) mass is 335 g/mol. The quantitative estimate of drug-likeness (QED) is 0.659. The number of nitrogens with one attached hydrogen (secondary N) is 2. The lowest BCUT2D eigenvalue weighted by atomic mass is 9.94. The maximum atomic E-state index is 11.5. The molecule has 4 atom stereocenters. The molecule has 2 amide bonds. The van der Waals surface area contributed by atoms with Gasteiger partial charge in [0.25, 0.3) is 0 Å². The zero-order chi connectivity index (χ0) is 16.2. The van der Waals surface area contributed by atoms with Crippen LogP contribution in [0.2, 0.25) is 0 Å². The molecule has 1 aromatic rings. The van der Waals surface area contributed by atoms with Crippen molar-refractivity contribution in [3.05, 3.63) is 30.1 Å². The van der Waals surface area contributed by atoms with Crippen LogP contribution in [0.5, 0.6) is 0 Å². The summed E-state index contributed by atoms with van der Waals surface area (Å²) in [5.74, 6) is -0.225. The third-order valence-corrected chi connectivity index (χ3v) is 6.02. The number of carboxylic acid groups (broad SMARTS) is 1. The number of carbonyl (C=O) groups excluding carboxylic acids is 1. The maximum Gasteiger partial charge on any atom is 0.315 e. The fraction of sp³-hybridized carbons (Fsp3) is 0.562. The summed E-state index contributed by atoms with van der Waals surface area (Å²) >= 11 is 1.86. The Bertz CT molecular complexity index is 569. The molecule has 2 saturated heterocycles. The SMILES string of the molecule is O=C1N[C@H]2[C@H](CS[C@H]2CCCC(Cc2ccccn2)C(=O)O)N1. The van der Waals surface area contributed by atoms with Crippen LogP contribution >= 0.6 is 11.8 Å². The van der Waals surface area contributed by atoms with Crippen molar-refractivity contribution in [1.29, 1.82) is 0 Å². The van der Waals surface area contributed by atoms with E-state index in [2.05, 4.69) is 15.6 Å². The number of thioether (sulfide) groups is 1. The van der Waals surface area contributed by atoms with Gasteiger partial charge in [-0.2, -0.15) is 11.8 Å². The summed E-state index contributed by atoms with van der Waals surface area (Å²) in [6.07, 6.45) is 4.58. The van der Waals surface area contributed by atoms with Crippen molar-refractivity contribution < 1.29 is 14.7 Å². The van der Waals surface area contributed by atoms with Crippen LogP contribution in [-0.2, 0) is 11.2 Å². The summed E-state index contributed by atoms with van der Waals surface area (Å²) in [5.41, 5.74) is 0.822. The first kappa shape index (κ1) is 16.1. The van der Waals surface area contributed by atoms with Crippen molar-refractivity contribution in [3.63, 3.8) is 0 Å². The number of aliphatic carboxylic acids is 1. The van der Waals surface area contributed by atoms with Crippen molar-refractivity contribution in [2.75, 3.05) is 5.75 Å². The minimum Gasteiger partial charge on any atom is -0.481 e. The number of nitrogens with zero attached hydrogens (tertiary/aromatic N) is 1. The first-order chi connectivity index (χ1) is 11.1. The topological polar surface area (TPSA) is 91.3 Å². The van der Waals surface area contributed by atoms with Crippen molar-refractivity contribution in [3.8, 4) is 0 Å². The number of hydrogen-bond donors (Lipinski definition) is 3. The molecule has 2 aliphatic heterocycles. The summed E-state index contributed by atoms with van der Waals surface area (Å²) < 4.78 is 0. The standard InChI is InChI=1S/C16H21N3O3S/c20-15(21)10(8-11-5-1-2-7-17-11)4-3-6-13-14-12(9-23-13)18-16(22)19-14/h1-2,5,7,10,12-14H,3-4,6,8-9H2,(H,20,21)(H2,18,19,22)/t10?,12-,13-,14-/m0/s1. The molecule has 3 N–H and O–H groups in total. The smallest absolute Gasteiger partial charge is 0.315 e. The number of fused-ring (bicyclic) bond motifs is 1. The summed E-state index contributed by atoms with van der Waals surface area (Å²) in [7, 11) is 0. The van der Waals surface area contributed by atoms with Crippen LogP contribution in [0, 0.1) is 5.92 Å². The Labute approximate surface area is 139 Å². The zero-order valence-electron chi connectivity index (χ0n) is 12.8. The van der Waals surface area contributed by atoms with E-state index in [1.807, 2.05) is 30.0 Å². The van der Waals surface area contributed by atoms with Gasteiger partial charge in [-0.25, -0.2) is 4.79 Å². The first-order valence-electron chi connectivity index (χ1n) is 7.95. The summed E-state index contributed by atoms with van der Waals surface area (Å²) in [6.45, 7) is 0. The van der Waals surface area contributed by atoms with Crippen molar-refractivity contribution in [2.45, 2.75) is 43.0 Å². The lowest BCUT2D eigenvalue weighted by Gasteiger charge is -2.18. The molecule has 3 rings (SSSR count). The molecular formula is C16H21N3O3S. The zero-order valence-corrected chi connectivity index (χ0v) is 13.6.